The summed E-state index contributed by atoms with van der Waals surface area (Å²) < 4.78 is 2.40. The number of hydrogen-bond acceptors (Lipinski definition) is 0. The lowest BCUT2D eigenvalue weighted by molar-refractivity contribution is 0.954. The quantitative estimate of drug-likeness (QED) is 0.431. The number of aromatic nitrogens is 1. The summed E-state index contributed by atoms with van der Waals surface area (Å²) in [5.41, 5.74) is 7.70. The van der Waals surface area contributed by atoms with Crippen LogP contribution >= 0.6 is 0 Å². The van der Waals surface area contributed by atoms with Gasteiger partial charge in [-0.15, -0.1) is 0 Å². The molecule has 3 aromatic carbocycles. The summed E-state index contributed by atoms with van der Waals surface area (Å²) in [6.07, 6.45) is 0.925. The molecule has 0 aliphatic carbocycles. The molecule has 122 valence electrons. The molecule has 0 atom stereocenters. The van der Waals surface area contributed by atoms with Crippen molar-refractivity contribution < 1.29 is 0 Å². The van der Waals surface area contributed by atoms with Crippen LogP contribution in [0.15, 0.2) is 97.1 Å². The Bertz CT molecular complexity index is 951. The van der Waals surface area contributed by atoms with E-state index in [0.29, 0.717) is 0 Å². The normalized spacial score (nSPS) is 10.8. The van der Waals surface area contributed by atoms with Gasteiger partial charge in [0.05, 0.1) is 5.69 Å². The van der Waals surface area contributed by atoms with E-state index >= 15 is 0 Å². The van der Waals surface area contributed by atoms with E-state index in [1.165, 1.54) is 33.8 Å². The Morgan fingerprint density at radius 1 is 0.680 bits per heavy atom. The van der Waals surface area contributed by atoms with Gasteiger partial charge in [-0.2, -0.15) is 0 Å². The van der Waals surface area contributed by atoms with E-state index in [2.05, 4.69) is 109 Å². The molecule has 0 spiro atoms. The van der Waals surface area contributed by atoms with Gasteiger partial charge in [0.2, 0.25) is 0 Å². The molecule has 1 heterocycles. The van der Waals surface area contributed by atoms with Crippen molar-refractivity contribution in [2.45, 2.75) is 13.3 Å². The SMILES string of the molecule is Cc1cc(-c2ccccc2)n(-c2ccccc2)c1Cc1ccccc1. The second kappa shape index (κ2) is 6.82. The van der Waals surface area contributed by atoms with E-state index < -0.39 is 0 Å². The Balaban J connectivity index is 1.90. The molecule has 1 nitrogen and oxygen atoms in total. The topological polar surface area (TPSA) is 4.93 Å². The summed E-state index contributed by atoms with van der Waals surface area (Å²) in [5, 5.41) is 0. The largest absolute Gasteiger partial charge is 0.313 e. The maximum Gasteiger partial charge on any atom is 0.0534 e. The fourth-order valence-corrected chi connectivity index (χ4v) is 3.38. The molecule has 0 saturated carbocycles. The molecule has 0 radical (unpaired) electrons. The first-order valence-electron chi connectivity index (χ1n) is 8.69. The van der Waals surface area contributed by atoms with Crippen LogP contribution in [0.25, 0.3) is 16.9 Å². The molecule has 1 aromatic heterocycles. The van der Waals surface area contributed by atoms with Gasteiger partial charge in [0.25, 0.3) is 0 Å². The average Bonchev–Trinajstić information content (AvgIpc) is 3.00. The van der Waals surface area contributed by atoms with E-state index in [4.69, 9.17) is 0 Å². The Morgan fingerprint density at radius 3 is 1.88 bits per heavy atom. The fourth-order valence-electron chi connectivity index (χ4n) is 3.38. The summed E-state index contributed by atoms with van der Waals surface area (Å²) >= 11 is 0. The highest BCUT2D eigenvalue weighted by molar-refractivity contribution is 5.66. The van der Waals surface area contributed by atoms with Gasteiger partial charge in [-0.25, -0.2) is 0 Å². The minimum atomic E-state index is 0.925. The van der Waals surface area contributed by atoms with Crippen molar-refractivity contribution in [2.24, 2.45) is 0 Å². The van der Waals surface area contributed by atoms with E-state index in [9.17, 15) is 0 Å². The first-order valence-corrected chi connectivity index (χ1v) is 8.69. The number of aryl methyl sites for hydroxylation is 1. The zero-order chi connectivity index (χ0) is 17.1. The molecule has 0 unspecified atom stereocenters. The highest BCUT2D eigenvalue weighted by atomic mass is 15.0. The molecule has 0 fully saturated rings. The Hall–Kier alpha value is -3.06. The molecular formula is C24H21N. The third-order valence-corrected chi connectivity index (χ3v) is 4.62. The van der Waals surface area contributed by atoms with Crippen LogP contribution in [0.1, 0.15) is 16.8 Å². The zero-order valence-corrected chi connectivity index (χ0v) is 14.4. The van der Waals surface area contributed by atoms with Gasteiger partial charge >= 0.3 is 0 Å². The predicted octanol–water partition coefficient (Wildman–Crippen LogP) is 6.04. The molecule has 4 rings (SSSR count). The molecule has 1 heteroatoms. The third-order valence-electron chi connectivity index (χ3n) is 4.62. The highest BCUT2D eigenvalue weighted by Crippen LogP contribution is 2.30. The molecule has 25 heavy (non-hydrogen) atoms. The lowest BCUT2D eigenvalue weighted by Gasteiger charge is -2.15. The maximum absolute atomic E-state index is 2.40. The lowest BCUT2D eigenvalue weighted by Crippen LogP contribution is -2.04. The third kappa shape index (κ3) is 3.14. The van der Waals surface area contributed by atoms with Crippen LogP contribution in [-0.4, -0.2) is 4.57 Å². The average molecular weight is 323 g/mol. The van der Waals surface area contributed by atoms with Gasteiger partial charge in [-0.1, -0.05) is 78.9 Å². The van der Waals surface area contributed by atoms with E-state index in [1.807, 2.05) is 0 Å². The predicted molar refractivity (Wildman–Crippen MR) is 105 cm³/mol. The van der Waals surface area contributed by atoms with Gasteiger partial charge in [0.1, 0.15) is 0 Å². The number of hydrogen-bond donors (Lipinski definition) is 0. The highest BCUT2D eigenvalue weighted by Gasteiger charge is 2.15. The van der Waals surface area contributed by atoms with Gasteiger partial charge in [0.15, 0.2) is 0 Å². The molecule has 0 amide bonds. The first kappa shape index (κ1) is 15.5. The Morgan fingerprint density at radius 2 is 1.24 bits per heavy atom. The van der Waals surface area contributed by atoms with Crippen LogP contribution in [0.2, 0.25) is 0 Å². The van der Waals surface area contributed by atoms with Crippen molar-refractivity contribution in [1.82, 2.24) is 4.57 Å². The van der Waals surface area contributed by atoms with Gasteiger partial charge in [-0.05, 0) is 41.8 Å². The molecule has 4 aromatic rings. The second-order valence-corrected chi connectivity index (χ2v) is 6.36. The van der Waals surface area contributed by atoms with Gasteiger partial charge in [0, 0.05) is 17.8 Å². The summed E-state index contributed by atoms with van der Waals surface area (Å²) in [6, 6.07) is 34.3. The summed E-state index contributed by atoms with van der Waals surface area (Å²) in [6.45, 7) is 2.21. The summed E-state index contributed by atoms with van der Waals surface area (Å²) in [4.78, 5) is 0. The van der Waals surface area contributed by atoms with Gasteiger partial charge in [-0.3, -0.25) is 0 Å². The van der Waals surface area contributed by atoms with Crippen molar-refractivity contribution in [3.05, 3.63) is 114 Å². The van der Waals surface area contributed by atoms with Crippen molar-refractivity contribution in [3.63, 3.8) is 0 Å². The number of benzene rings is 3. The van der Waals surface area contributed by atoms with Crippen molar-refractivity contribution in [1.29, 1.82) is 0 Å². The molecule has 0 bridgehead atoms. The summed E-state index contributed by atoms with van der Waals surface area (Å²) in [5.74, 6) is 0. The fraction of sp³-hybridized carbons (Fsp3) is 0.0833. The van der Waals surface area contributed by atoms with Crippen LogP contribution in [-0.2, 0) is 6.42 Å². The van der Waals surface area contributed by atoms with Crippen LogP contribution < -0.4 is 0 Å². The smallest absolute Gasteiger partial charge is 0.0534 e. The Kier molecular flexibility index (Phi) is 4.22. The standard InChI is InChI=1S/C24H21N/c1-19-17-24(21-13-7-3-8-14-21)25(22-15-9-4-10-16-22)23(19)18-20-11-5-2-6-12-20/h2-17H,18H2,1H3. The monoisotopic (exact) mass is 323 g/mol. The molecular weight excluding hydrogens is 302 g/mol. The molecule has 0 aliphatic rings. The number of para-hydroxylation sites is 1. The molecule has 0 aliphatic heterocycles. The van der Waals surface area contributed by atoms with Crippen molar-refractivity contribution in [3.8, 4) is 16.9 Å². The van der Waals surface area contributed by atoms with Crippen LogP contribution in [0.3, 0.4) is 0 Å². The Labute approximate surface area is 149 Å². The van der Waals surface area contributed by atoms with Crippen LogP contribution in [0.5, 0.6) is 0 Å². The minimum absolute atomic E-state index is 0.925. The van der Waals surface area contributed by atoms with Crippen LogP contribution in [0, 0.1) is 6.92 Å². The molecule has 0 N–H and O–H groups in total. The first-order chi connectivity index (χ1) is 12.3. The van der Waals surface area contributed by atoms with Gasteiger partial charge < -0.3 is 4.57 Å². The minimum Gasteiger partial charge on any atom is -0.313 e. The zero-order valence-electron chi connectivity index (χ0n) is 14.4. The van der Waals surface area contributed by atoms with E-state index in [0.717, 1.165) is 6.42 Å². The van der Waals surface area contributed by atoms with Crippen molar-refractivity contribution >= 4 is 0 Å². The molecule has 0 saturated heterocycles. The summed E-state index contributed by atoms with van der Waals surface area (Å²) in [7, 11) is 0. The number of nitrogens with zero attached hydrogens (tertiary/aromatic N) is 1. The lowest BCUT2D eigenvalue weighted by atomic mass is 10.1. The van der Waals surface area contributed by atoms with E-state index in [-0.39, 0.29) is 0 Å². The van der Waals surface area contributed by atoms with E-state index in [1.54, 1.807) is 0 Å². The second-order valence-electron chi connectivity index (χ2n) is 6.36. The van der Waals surface area contributed by atoms with Crippen LogP contribution in [0.4, 0.5) is 0 Å². The maximum atomic E-state index is 2.40. The van der Waals surface area contributed by atoms with Crippen molar-refractivity contribution in [2.75, 3.05) is 0 Å². The number of rotatable bonds is 4.